The molecule has 1 saturated heterocycles. The molecule has 1 aromatic heterocycles. The molecule has 1 atom stereocenters. The highest BCUT2D eigenvalue weighted by molar-refractivity contribution is 7.14. The van der Waals surface area contributed by atoms with Gasteiger partial charge in [0.25, 0.3) is 0 Å². The molecule has 0 aliphatic carbocycles. The number of hydrogen-bond donors (Lipinski definition) is 2. The third kappa shape index (κ3) is 6.42. The van der Waals surface area contributed by atoms with E-state index in [0.29, 0.717) is 12.3 Å². The summed E-state index contributed by atoms with van der Waals surface area (Å²) in [5, 5.41) is 18.2. The maximum atomic E-state index is 12.7. The van der Waals surface area contributed by atoms with Crippen LogP contribution in [-0.4, -0.2) is 61.6 Å². The van der Waals surface area contributed by atoms with Crippen molar-refractivity contribution in [1.82, 2.24) is 15.2 Å². The lowest BCUT2D eigenvalue weighted by atomic mass is 9.99. The predicted octanol–water partition coefficient (Wildman–Crippen LogP) is 4.70. The molecule has 4 rings (SSSR count). The Kier molecular flexibility index (Phi) is 8.57. The van der Waals surface area contributed by atoms with E-state index in [1.54, 1.807) is 11.3 Å². The molecule has 1 amide bonds. The molecular weight excluding hydrogens is 468 g/mol. The van der Waals surface area contributed by atoms with Crippen molar-refractivity contribution in [3.05, 3.63) is 53.9 Å². The topological polar surface area (TPSA) is 84.3 Å². The van der Waals surface area contributed by atoms with Crippen molar-refractivity contribution in [3.8, 4) is 28.5 Å². The summed E-state index contributed by atoms with van der Waals surface area (Å²) < 4.78 is 0. The van der Waals surface area contributed by atoms with Crippen LogP contribution in [0.2, 0.25) is 0 Å². The first-order valence-electron chi connectivity index (χ1n) is 12.4. The number of nitrogens with zero attached hydrogens (tertiary/aromatic N) is 4. The van der Waals surface area contributed by atoms with Gasteiger partial charge in [0.05, 0.1) is 11.8 Å². The smallest absolute Gasteiger partial charge is 0.243 e. The zero-order valence-electron chi connectivity index (χ0n) is 21.2. The molecule has 1 fully saturated rings. The maximum absolute atomic E-state index is 12.7. The largest absolute Gasteiger partial charge is 0.373 e. The molecule has 3 aromatic rings. The van der Waals surface area contributed by atoms with Gasteiger partial charge in [-0.25, -0.2) is 4.98 Å². The summed E-state index contributed by atoms with van der Waals surface area (Å²) in [6.45, 7) is 8.33. The van der Waals surface area contributed by atoms with E-state index in [1.165, 1.54) is 0 Å². The molecular formula is C28H34N6OS. The van der Waals surface area contributed by atoms with Gasteiger partial charge in [-0.15, -0.1) is 11.3 Å². The third-order valence-corrected chi connectivity index (χ3v) is 7.28. The summed E-state index contributed by atoms with van der Waals surface area (Å²) in [4.78, 5) is 22.3. The first-order valence-corrected chi connectivity index (χ1v) is 13.3. The molecule has 188 valence electrons. The molecule has 7 nitrogen and oxygen atoms in total. The van der Waals surface area contributed by atoms with E-state index in [9.17, 15) is 4.79 Å². The second-order valence-electron chi connectivity index (χ2n) is 9.63. The standard InChI is InChI=1S/C28H34N6OS/c1-20(2)18-25(27(35)30-13-12-29)31-24-7-5-4-6-23(24)21-8-10-22(11-9-21)26-19-36-28(32-26)34-16-14-33(3)15-17-34/h4-11,19-20,25,31H,13-18H2,1-3H3,(H,30,35)/t25-/m0/s1. The summed E-state index contributed by atoms with van der Waals surface area (Å²) in [7, 11) is 2.16. The van der Waals surface area contributed by atoms with Crippen LogP contribution in [0, 0.1) is 17.2 Å². The van der Waals surface area contributed by atoms with Crippen LogP contribution < -0.4 is 15.5 Å². The van der Waals surface area contributed by atoms with Crippen LogP contribution in [-0.2, 0) is 4.79 Å². The van der Waals surface area contributed by atoms with E-state index >= 15 is 0 Å². The fraction of sp³-hybridized carbons (Fsp3) is 0.393. The first-order chi connectivity index (χ1) is 17.4. The summed E-state index contributed by atoms with van der Waals surface area (Å²) >= 11 is 1.70. The molecule has 1 aliphatic heterocycles. The zero-order chi connectivity index (χ0) is 25.5. The molecule has 0 saturated carbocycles. The number of aromatic nitrogens is 1. The number of hydrogen-bond acceptors (Lipinski definition) is 7. The van der Waals surface area contributed by atoms with Gasteiger partial charge in [-0.2, -0.15) is 5.26 Å². The number of carbonyl (C=O) groups is 1. The van der Waals surface area contributed by atoms with E-state index in [0.717, 1.165) is 59.4 Å². The number of rotatable bonds is 9. The highest BCUT2D eigenvalue weighted by Gasteiger charge is 2.21. The number of piperazine rings is 1. The average Bonchev–Trinajstić information content (AvgIpc) is 3.38. The van der Waals surface area contributed by atoms with Crippen LogP contribution in [0.5, 0.6) is 0 Å². The van der Waals surface area contributed by atoms with Gasteiger partial charge in [0.1, 0.15) is 12.6 Å². The van der Waals surface area contributed by atoms with Crippen molar-refractivity contribution in [1.29, 1.82) is 5.26 Å². The number of amides is 1. The molecule has 2 heterocycles. The minimum Gasteiger partial charge on any atom is -0.373 e. The van der Waals surface area contributed by atoms with Crippen LogP contribution >= 0.6 is 11.3 Å². The van der Waals surface area contributed by atoms with E-state index < -0.39 is 6.04 Å². The Morgan fingerprint density at radius 3 is 2.47 bits per heavy atom. The van der Waals surface area contributed by atoms with Crippen LogP contribution in [0.1, 0.15) is 20.3 Å². The van der Waals surface area contributed by atoms with Crippen LogP contribution in [0.3, 0.4) is 0 Å². The van der Waals surface area contributed by atoms with Crippen molar-refractivity contribution in [2.45, 2.75) is 26.3 Å². The maximum Gasteiger partial charge on any atom is 0.243 e. The van der Waals surface area contributed by atoms with Gasteiger partial charge in [0.15, 0.2) is 5.13 Å². The molecule has 8 heteroatoms. The van der Waals surface area contributed by atoms with Crippen molar-refractivity contribution in [2.75, 3.05) is 50.0 Å². The number of likely N-dealkylation sites (N-methyl/N-ethyl adjacent to an activating group) is 1. The number of para-hydroxylation sites is 1. The summed E-state index contributed by atoms with van der Waals surface area (Å²) in [6.07, 6.45) is 0.671. The summed E-state index contributed by atoms with van der Waals surface area (Å²) in [5.74, 6) is 0.172. The number of nitrogens with one attached hydrogen (secondary N) is 2. The summed E-state index contributed by atoms with van der Waals surface area (Å²) in [6, 6.07) is 18.0. The summed E-state index contributed by atoms with van der Waals surface area (Å²) in [5.41, 5.74) is 5.08. The Morgan fingerprint density at radius 2 is 1.78 bits per heavy atom. The second-order valence-corrected chi connectivity index (χ2v) is 10.5. The van der Waals surface area contributed by atoms with E-state index in [4.69, 9.17) is 10.2 Å². The zero-order valence-corrected chi connectivity index (χ0v) is 22.0. The highest BCUT2D eigenvalue weighted by Crippen LogP contribution is 2.32. The van der Waals surface area contributed by atoms with Crippen LogP contribution in [0.4, 0.5) is 10.8 Å². The van der Waals surface area contributed by atoms with E-state index in [2.05, 4.69) is 77.0 Å². The lowest BCUT2D eigenvalue weighted by Gasteiger charge is -2.32. The first kappa shape index (κ1) is 25.7. The fourth-order valence-electron chi connectivity index (χ4n) is 4.36. The molecule has 0 radical (unpaired) electrons. The van der Waals surface area contributed by atoms with Gasteiger partial charge in [0.2, 0.25) is 5.91 Å². The van der Waals surface area contributed by atoms with Crippen LogP contribution in [0.25, 0.3) is 22.4 Å². The predicted molar refractivity (Wildman–Crippen MR) is 148 cm³/mol. The molecule has 0 spiro atoms. The van der Waals surface area contributed by atoms with Crippen molar-refractivity contribution >= 4 is 28.1 Å². The van der Waals surface area contributed by atoms with Gasteiger partial charge in [0, 0.05) is 48.4 Å². The lowest BCUT2D eigenvalue weighted by molar-refractivity contribution is -0.121. The Hall–Kier alpha value is -3.41. The van der Waals surface area contributed by atoms with Gasteiger partial charge in [-0.3, -0.25) is 4.79 Å². The Balaban J connectivity index is 1.51. The number of thiazole rings is 1. The molecule has 0 unspecified atom stereocenters. The van der Waals surface area contributed by atoms with Crippen molar-refractivity contribution in [3.63, 3.8) is 0 Å². The van der Waals surface area contributed by atoms with E-state index in [-0.39, 0.29) is 12.5 Å². The molecule has 1 aliphatic rings. The molecule has 36 heavy (non-hydrogen) atoms. The normalized spacial score (nSPS) is 14.9. The highest BCUT2D eigenvalue weighted by atomic mass is 32.1. The Morgan fingerprint density at radius 1 is 1.08 bits per heavy atom. The van der Waals surface area contributed by atoms with Gasteiger partial charge in [-0.05, 0) is 31.0 Å². The minimum atomic E-state index is -0.415. The molecule has 2 N–H and O–H groups in total. The number of carbonyl (C=O) groups excluding carboxylic acids is 1. The Labute approximate surface area is 217 Å². The van der Waals surface area contributed by atoms with Gasteiger partial charge in [-0.1, -0.05) is 56.3 Å². The molecule has 2 aromatic carbocycles. The van der Waals surface area contributed by atoms with E-state index in [1.807, 2.05) is 24.3 Å². The van der Waals surface area contributed by atoms with Gasteiger partial charge >= 0.3 is 0 Å². The lowest BCUT2D eigenvalue weighted by Crippen LogP contribution is -2.44. The minimum absolute atomic E-state index is 0.00532. The fourth-order valence-corrected chi connectivity index (χ4v) is 5.25. The third-order valence-electron chi connectivity index (χ3n) is 6.38. The average molecular weight is 503 g/mol. The number of anilines is 2. The second kappa shape index (κ2) is 12.0. The van der Waals surface area contributed by atoms with Gasteiger partial charge < -0.3 is 20.4 Å². The van der Waals surface area contributed by atoms with Crippen molar-refractivity contribution < 1.29 is 4.79 Å². The monoisotopic (exact) mass is 502 g/mol. The Bertz CT molecular complexity index is 1190. The molecule has 0 bridgehead atoms. The van der Waals surface area contributed by atoms with Crippen molar-refractivity contribution in [2.24, 2.45) is 5.92 Å². The number of benzene rings is 2. The quantitative estimate of drug-likeness (QED) is 0.413. The number of nitriles is 1. The SMILES string of the molecule is CC(C)C[C@H](Nc1ccccc1-c1ccc(-c2csc(N3CCN(C)CC3)n2)cc1)C(=O)NCC#N. The van der Waals surface area contributed by atoms with Crippen LogP contribution in [0.15, 0.2) is 53.9 Å².